The Hall–Kier alpha value is -2.35. The summed E-state index contributed by atoms with van der Waals surface area (Å²) < 4.78 is 6.29. The first-order chi connectivity index (χ1) is 31.4. The van der Waals surface area contributed by atoms with Gasteiger partial charge < -0.3 is 21.1 Å². The van der Waals surface area contributed by atoms with Crippen LogP contribution in [0.4, 0.5) is 4.79 Å². The molecular weight excluding hydrogens is 805 g/mol. The number of rotatable bonds is 33. The van der Waals surface area contributed by atoms with E-state index >= 15 is 0 Å². The Morgan fingerprint density at radius 3 is 2.14 bits per heavy atom. The van der Waals surface area contributed by atoms with Crippen LogP contribution >= 0.6 is 0 Å². The molecule has 8 heteroatoms. The molecule has 4 rings (SSSR count). The van der Waals surface area contributed by atoms with Crippen molar-refractivity contribution < 1.29 is 19.1 Å². The molecule has 3 fully saturated rings. The lowest BCUT2D eigenvalue weighted by atomic mass is 9.47. The van der Waals surface area contributed by atoms with Gasteiger partial charge in [-0.3, -0.25) is 14.5 Å². The van der Waals surface area contributed by atoms with Crippen LogP contribution in [0.5, 0.6) is 0 Å². The first kappa shape index (κ1) is 55.2. The number of fused-ring (bicyclic) bond motifs is 5. The lowest BCUT2D eigenvalue weighted by molar-refractivity contribution is -0.122. The summed E-state index contributed by atoms with van der Waals surface area (Å²) in [5.41, 5.74) is 7.86. The predicted octanol–water partition coefficient (Wildman–Crippen LogP) is 14.0. The van der Waals surface area contributed by atoms with E-state index in [4.69, 9.17) is 10.5 Å². The summed E-state index contributed by atoms with van der Waals surface area (Å²) in [6.07, 6.45) is 41.7. The van der Waals surface area contributed by atoms with E-state index in [0.717, 1.165) is 93.3 Å². The molecule has 374 valence electrons. The number of hydrogen-bond acceptors (Lipinski definition) is 5. The molecule has 8 atom stereocenters. The first-order valence-corrected chi connectivity index (χ1v) is 28.0. The fraction of sp³-hybridized carbons (Fsp3) is 0.877. The van der Waals surface area contributed by atoms with E-state index in [1.165, 1.54) is 128 Å². The number of ether oxygens (including phenoxy) is 1. The molecule has 3 saturated carbocycles. The summed E-state index contributed by atoms with van der Waals surface area (Å²) in [5.74, 6) is 4.82. The molecule has 4 aliphatic carbocycles. The van der Waals surface area contributed by atoms with Gasteiger partial charge in [0.05, 0.1) is 0 Å². The van der Waals surface area contributed by atoms with Gasteiger partial charge in [0.25, 0.3) is 0 Å². The molecule has 0 bridgehead atoms. The van der Waals surface area contributed by atoms with Crippen molar-refractivity contribution in [2.24, 2.45) is 52.1 Å². The van der Waals surface area contributed by atoms with Gasteiger partial charge in [-0.1, -0.05) is 149 Å². The molecule has 0 aromatic heterocycles. The van der Waals surface area contributed by atoms with Gasteiger partial charge in [-0.2, -0.15) is 0 Å². The summed E-state index contributed by atoms with van der Waals surface area (Å²) in [6.45, 7) is 17.0. The van der Waals surface area contributed by atoms with Gasteiger partial charge in [0, 0.05) is 32.5 Å². The maximum absolute atomic E-state index is 13.8. The Labute approximate surface area is 400 Å². The summed E-state index contributed by atoms with van der Waals surface area (Å²) in [7, 11) is 0. The number of nitrogens with one attached hydrogen (secondary N) is 2. The van der Waals surface area contributed by atoms with Crippen LogP contribution in [0, 0.1) is 46.3 Å². The number of nitrogens with zero attached hydrogens (tertiary/aromatic N) is 1. The van der Waals surface area contributed by atoms with Crippen LogP contribution in [-0.2, 0) is 14.3 Å². The van der Waals surface area contributed by atoms with Gasteiger partial charge in [0.1, 0.15) is 12.6 Å². The van der Waals surface area contributed by atoms with E-state index in [1.807, 2.05) is 0 Å². The minimum atomic E-state index is -0.363. The standard InChI is InChI=1S/C57H102N4O4/c1-7-8-9-10-11-12-13-14-15-16-17-18-19-20-23-30-53(62)59-40-24-21-22-25-42-61(44-54(63)60-41-27-39-58)55(64)65-48-35-37-56(5)47(43-48)31-32-49-51-34-33-50(46(4)29-26-28-45(2)3)57(51,6)38-36-52(49)56/h14-15,31,45-46,48-52H,7-13,16-30,32-44,58H2,1-6H3,(H,59,62)(H,60,63)/b15-14-/t46-,48+,49+,50-,51+,52+,56+,57-/m1/s1. The number of carbonyl (C=O) groups excluding carboxylic acids is 3. The Morgan fingerprint density at radius 1 is 0.754 bits per heavy atom. The van der Waals surface area contributed by atoms with E-state index in [0.29, 0.717) is 44.4 Å². The SMILES string of the molecule is CCCCCCCC/C=C\CCCCCCCC(=O)NCCCCCCN(CC(=O)NCCCN)C(=O)O[C@H]1CC[C@@]2(C)C(=CC[C@H]3[C@@H]4CC[C@H]([C@H](C)CCCC(C)C)[C@@]4(C)CC[C@@H]32)C1. The van der Waals surface area contributed by atoms with Crippen LogP contribution in [0.25, 0.3) is 0 Å². The number of unbranched alkanes of at least 4 members (excludes halogenated alkanes) is 14. The van der Waals surface area contributed by atoms with E-state index in [2.05, 4.69) is 70.4 Å². The molecular formula is C57H102N4O4. The van der Waals surface area contributed by atoms with E-state index < -0.39 is 0 Å². The van der Waals surface area contributed by atoms with Crippen molar-refractivity contribution in [1.29, 1.82) is 0 Å². The molecule has 0 unspecified atom stereocenters. The number of allylic oxidation sites excluding steroid dienone is 3. The Kier molecular flexibility index (Phi) is 25.7. The van der Waals surface area contributed by atoms with Crippen molar-refractivity contribution in [2.75, 3.05) is 32.7 Å². The van der Waals surface area contributed by atoms with Gasteiger partial charge in [-0.05, 0) is 149 Å². The van der Waals surface area contributed by atoms with Gasteiger partial charge >= 0.3 is 6.09 Å². The average molecular weight is 907 g/mol. The van der Waals surface area contributed by atoms with Crippen molar-refractivity contribution in [2.45, 2.75) is 240 Å². The second kappa shape index (κ2) is 30.2. The van der Waals surface area contributed by atoms with Gasteiger partial charge in [0.15, 0.2) is 0 Å². The molecule has 3 amide bonds. The maximum atomic E-state index is 13.8. The molecule has 8 nitrogen and oxygen atoms in total. The van der Waals surface area contributed by atoms with Gasteiger partial charge in [-0.25, -0.2) is 4.79 Å². The van der Waals surface area contributed by atoms with Crippen molar-refractivity contribution in [3.63, 3.8) is 0 Å². The summed E-state index contributed by atoms with van der Waals surface area (Å²) in [6, 6.07) is 0. The predicted molar refractivity (Wildman–Crippen MR) is 272 cm³/mol. The first-order valence-electron chi connectivity index (χ1n) is 28.0. The molecule has 4 aliphatic rings. The third kappa shape index (κ3) is 18.2. The van der Waals surface area contributed by atoms with Crippen LogP contribution in [0.2, 0.25) is 0 Å². The third-order valence-electron chi connectivity index (χ3n) is 17.2. The lowest BCUT2D eigenvalue weighted by Crippen LogP contribution is -2.51. The molecule has 0 saturated heterocycles. The van der Waals surface area contributed by atoms with Gasteiger partial charge in [-0.15, -0.1) is 0 Å². The number of amides is 3. The number of hydrogen-bond donors (Lipinski definition) is 3. The number of nitrogens with two attached hydrogens (primary N) is 1. The lowest BCUT2D eigenvalue weighted by Gasteiger charge is -2.58. The zero-order chi connectivity index (χ0) is 46.9. The molecule has 0 heterocycles. The quantitative estimate of drug-likeness (QED) is 0.0448. The molecule has 0 radical (unpaired) electrons. The molecule has 0 aromatic carbocycles. The van der Waals surface area contributed by atoms with Crippen molar-refractivity contribution in [3.05, 3.63) is 23.8 Å². The zero-order valence-electron chi connectivity index (χ0n) is 43.2. The fourth-order valence-electron chi connectivity index (χ4n) is 13.2. The van der Waals surface area contributed by atoms with Crippen LogP contribution in [-0.4, -0.2) is 61.6 Å². The third-order valence-corrected chi connectivity index (χ3v) is 17.2. The van der Waals surface area contributed by atoms with Crippen LogP contribution < -0.4 is 16.4 Å². The van der Waals surface area contributed by atoms with Crippen molar-refractivity contribution in [3.8, 4) is 0 Å². The Bertz CT molecular complexity index is 1430. The highest BCUT2D eigenvalue weighted by Crippen LogP contribution is 2.67. The second-order valence-electron chi connectivity index (χ2n) is 22.6. The van der Waals surface area contributed by atoms with E-state index in [-0.39, 0.29) is 36.0 Å². The van der Waals surface area contributed by atoms with Crippen LogP contribution in [0.3, 0.4) is 0 Å². The molecule has 0 aromatic rings. The molecule has 4 N–H and O–H groups in total. The van der Waals surface area contributed by atoms with E-state index in [9.17, 15) is 14.4 Å². The fourth-order valence-corrected chi connectivity index (χ4v) is 13.2. The molecule has 0 spiro atoms. The highest BCUT2D eigenvalue weighted by molar-refractivity contribution is 5.82. The van der Waals surface area contributed by atoms with E-state index in [1.54, 1.807) is 4.90 Å². The minimum absolute atomic E-state index is 0.00417. The normalized spacial score (nSPS) is 26.6. The van der Waals surface area contributed by atoms with Gasteiger partial charge in [0.2, 0.25) is 11.8 Å². The maximum Gasteiger partial charge on any atom is 0.410 e. The smallest absolute Gasteiger partial charge is 0.410 e. The molecule has 0 aliphatic heterocycles. The van der Waals surface area contributed by atoms with Crippen LogP contribution in [0.15, 0.2) is 23.8 Å². The summed E-state index contributed by atoms with van der Waals surface area (Å²) >= 11 is 0. The van der Waals surface area contributed by atoms with Crippen LogP contribution in [0.1, 0.15) is 234 Å². The average Bonchev–Trinajstić information content (AvgIpc) is 3.64. The highest BCUT2D eigenvalue weighted by atomic mass is 16.6. The number of carbonyl (C=O) groups is 3. The Morgan fingerprint density at radius 2 is 1.42 bits per heavy atom. The largest absolute Gasteiger partial charge is 0.446 e. The second-order valence-corrected chi connectivity index (χ2v) is 22.6. The highest BCUT2D eigenvalue weighted by Gasteiger charge is 2.59. The molecule has 65 heavy (non-hydrogen) atoms. The topological polar surface area (TPSA) is 114 Å². The summed E-state index contributed by atoms with van der Waals surface area (Å²) in [4.78, 5) is 40.8. The monoisotopic (exact) mass is 907 g/mol. The Balaban J connectivity index is 1.13. The minimum Gasteiger partial charge on any atom is -0.446 e. The van der Waals surface area contributed by atoms with Crippen molar-refractivity contribution in [1.82, 2.24) is 15.5 Å². The zero-order valence-corrected chi connectivity index (χ0v) is 43.2. The summed E-state index contributed by atoms with van der Waals surface area (Å²) in [5, 5.41) is 6.04. The van der Waals surface area contributed by atoms with Crippen molar-refractivity contribution >= 4 is 17.9 Å².